The minimum Gasteiger partial charge on any atom is -0.492 e. The van der Waals surface area contributed by atoms with Gasteiger partial charge in [-0.25, -0.2) is 0 Å². The van der Waals surface area contributed by atoms with Gasteiger partial charge in [-0.05, 0) is 38.4 Å². The summed E-state index contributed by atoms with van der Waals surface area (Å²) in [5.41, 5.74) is 13.4. The number of piperidine rings is 1. The lowest BCUT2D eigenvalue weighted by Crippen LogP contribution is -2.54. The zero-order valence-electron chi connectivity index (χ0n) is 15.8. The molecule has 27 heavy (non-hydrogen) atoms. The molecule has 7 nitrogen and oxygen atoms in total. The van der Waals surface area contributed by atoms with Crippen molar-refractivity contribution in [2.24, 2.45) is 5.73 Å². The molecule has 1 saturated heterocycles. The van der Waals surface area contributed by atoms with Crippen molar-refractivity contribution in [2.75, 3.05) is 45.6 Å². The molecule has 1 fully saturated rings. The van der Waals surface area contributed by atoms with E-state index in [-0.39, 0.29) is 18.1 Å². The summed E-state index contributed by atoms with van der Waals surface area (Å²) in [5, 5.41) is 3.50. The molecule has 2 heterocycles. The molecule has 2 aliphatic heterocycles. The Balaban J connectivity index is 1.66. The number of unbranched alkanes of at least 4 members (excludes halogenated alkanes) is 1. The normalized spacial score (nSPS) is 22.3. The zero-order valence-corrected chi connectivity index (χ0v) is 16.6. The summed E-state index contributed by atoms with van der Waals surface area (Å²) in [6, 6.07) is 1.54. The van der Waals surface area contributed by atoms with Crippen LogP contribution in [0.4, 0.5) is 5.69 Å². The third kappa shape index (κ3) is 4.48. The number of nitrogens with zero attached hydrogens (tertiary/aromatic N) is 1. The van der Waals surface area contributed by atoms with Crippen LogP contribution < -0.4 is 21.5 Å². The number of methoxy groups -OCH3 is 1. The van der Waals surface area contributed by atoms with Gasteiger partial charge in [-0.3, -0.25) is 4.79 Å². The molecule has 5 N–H and O–H groups in total. The van der Waals surface area contributed by atoms with E-state index in [2.05, 4.69) is 10.2 Å². The van der Waals surface area contributed by atoms with Crippen molar-refractivity contribution in [1.29, 1.82) is 0 Å². The van der Waals surface area contributed by atoms with Crippen molar-refractivity contribution in [3.05, 3.63) is 22.2 Å². The lowest BCUT2D eigenvalue weighted by atomic mass is 9.99. The second-order valence-corrected chi connectivity index (χ2v) is 7.57. The summed E-state index contributed by atoms with van der Waals surface area (Å²) in [6.07, 6.45) is 3.55. The van der Waals surface area contributed by atoms with Crippen LogP contribution in [0, 0.1) is 0 Å². The van der Waals surface area contributed by atoms with Crippen molar-refractivity contribution in [1.82, 2.24) is 10.2 Å². The summed E-state index contributed by atoms with van der Waals surface area (Å²) < 4.78 is 11.3. The maximum absolute atomic E-state index is 12.9. The number of anilines is 1. The molecule has 1 amide bonds. The van der Waals surface area contributed by atoms with Crippen LogP contribution in [0.25, 0.3) is 0 Å². The Morgan fingerprint density at radius 1 is 1.48 bits per heavy atom. The number of nitrogens with one attached hydrogen (secondary N) is 1. The van der Waals surface area contributed by atoms with Crippen LogP contribution in [-0.2, 0) is 11.2 Å². The van der Waals surface area contributed by atoms with Crippen LogP contribution in [0.3, 0.4) is 0 Å². The molecule has 3 rings (SSSR count). The monoisotopic (exact) mass is 396 g/mol. The summed E-state index contributed by atoms with van der Waals surface area (Å²) in [5.74, 6) is 0.362. The topological polar surface area (TPSA) is 103 Å². The highest BCUT2D eigenvalue weighted by molar-refractivity contribution is 6.33. The number of benzene rings is 1. The van der Waals surface area contributed by atoms with Crippen molar-refractivity contribution < 1.29 is 14.3 Å². The van der Waals surface area contributed by atoms with Crippen molar-refractivity contribution >= 4 is 23.2 Å². The smallest absolute Gasteiger partial charge is 0.255 e. The molecule has 2 unspecified atom stereocenters. The zero-order chi connectivity index (χ0) is 19.4. The predicted molar refractivity (Wildman–Crippen MR) is 106 cm³/mol. The SMILES string of the molecule is COC1CN(CCCCN)CCC1NC(=O)c1cc(Cl)c(N)c2c1OCC2. The number of carbonyl (C=O) groups is 1. The largest absolute Gasteiger partial charge is 0.492 e. The number of ether oxygens (including phenoxy) is 2. The third-order valence-corrected chi connectivity index (χ3v) is 5.72. The summed E-state index contributed by atoms with van der Waals surface area (Å²) in [7, 11) is 1.69. The molecule has 0 radical (unpaired) electrons. The Morgan fingerprint density at radius 3 is 3.04 bits per heavy atom. The van der Waals surface area contributed by atoms with E-state index in [1.165, 1.54) is 0 Å². The number of hydrogen-bond donors (Lipinski definition) is 3. The van der Waals surface area contributed by atoms with Gasteiger partial charge in [0, 0.05) is 32.2 Å². The van der Waals surface area contributed by atoms with E-state index >= 15 is 0 Å². The maximum Gasteiger partial charge on any atom is 0.255 e. The molecular weight excluding hydrogens is 368 g/mol. The summed E-state index contributed by atoms with van der Waals surface area (Å²) in [4.78, 5) is 15.3. The fourth-order valence-electron chi connectivity index (χ4n) is 3.85. The van der Waals surface area contributed by atoms with Gasteiger partial charge in [0.15, 0.2) is 0 Å². The van der Waals surface area contributed by atoms with E-state index < -0.39 is 0 Å². The Kier molecular flexibility index (Phi) is 6.81. The predicted octanol–water partition coefficient (Wildman–Crippen LogP) is 1.42. The third-order valence-electron chi connectivity index (χ3n) is 5.41. The fraction of sp³-hybridized carbons (Fsp3) is 0.632. The number of hydrogen-bond acceptors (Lipinski definition) is 6. The number of nitrogen functional groups attached to an aromatic ring is 1. The van der Waals surface area contributed by atoms with E-state index in [9.17, 15) is 4.79 Å². The van der Waals surface area contributed by atoms with Crippen LogP contribution in [0.5, 0.6) is 5.75 Å². The molecule has 0 aliphatic carbocycles. The van der Waals surface area contributed by atoms with Gasteiger partial charge >= 0.3 is 0 Å². The first kappa shape index (κ1) is 20.2. The molecular formula is C19H29ClN4O3. The maximum atomic E-state index is 12.9. The van der Waals surface area contributed by atoms with Crippen LogP contribution in [0.2, 0.25) is 5.02 Å². The number of halogens is 1. The van der Waals surface area contributed by atoms with Gasteiger partial charge in [0.05, 0.1) is 35.0 Å². The number of rotatable bonds is 7. The first-order chi connectivity index (χ1) is 13.0. The summed E-state index contributed by atoms with van der Waals surface area (Å²) in [6.45, 7) is 3.96. The van der Waals surface area contributed by atoms with Crippen LogP contribution in [0.15, 0.2) is 6.07 Å². The highest BCUT2D eigenvalue weighted by Crippen LogP contribution is 2.38. The Labute approximate surface area is 165 Å². The molecule has 0 aromatic heterocycles. The average molecular weight is 397 g/mol. The Bertz CT molecular complexity index is 685. The van der Waals surface area contributed by atoms with E-state index in [0.717, 1.165) is 51.0 Å². The first-order valence-corrected chi connectivity index (χ1v) is 9.92. The molecule has 1 aromatic rings. The highest BCUT2D eigenvalue weighted by Gasteiger charge is 2.32. The molecule has 0 spiro atoms. The molecule has 0 bridgehead atoms. The highest BCUT2D eigenvalue weighted by atomic mass is 35.5. The van der Waals surface area contributed by atoms with Gasteiger partial charge < -0.3 is 31.2 Å². The van der Waals surface area contributed by atoms with Crippen LogP contribution >= 0.6 is 11.6 Å². The first-order valence-electron chi connectivity index (χ1n) is 9.54. The number of likely N-dealkylation sites (tertiary alicyclic amines) is 1. The molecule has 0 saturated carbocycles. The number of amides is 1. The Morgan fingerprint density at radius 2 is 2.30 bits per heavy atom. The van der Waals surface area contributed by atoms with Gasteiger partial charge in [0.2, 0.25) is 0 Å². The molecule has 150 valence electrons. The standard InChI is InChI=1S/C19H29ClN4O3/c1-26-16-11-24(7-3-2-6-21)8-4-15(16)23-19(25)13-10-14(20)17(22)12-5-9-27-18(12)13/h10,15-16H,2-9,11,21-22H2,1H3,(H,23,25). The second-order valence-electron chi connectivity index (χ2n) is 7.16. The van der Waals surface area contributed by atoms with Gasteiger partial charge in [0.25, 0.3) is 5.91 Å². The van der Waals surface area contributed by atoms with Crippen molar-refractivity contribution in [3.8, 4) is 5.75 Å². The number of fused-ring (bicyclic) bond motifs is 1. The molecule has 8 heteroatoms. The lowest BCUT2D eigenvalue weighted by molar-refractivity contribution is 0.00605. The minimum absolute atomic E-state index is 0.0540. The molecule has 2 aliphatic rings. The van der Waals surface area contributed by atoms with E-state index in [1.807, 2.05) is 0 Å². The number of carbonyl (C=O) groups excluding carboxylic acids is 1. The van der Waals surface area contributed by atoms with Gasteiger partial charge in [-0.2, -0.15) is 0 Å². The van der Waals surface area contributed by atoms with Gasteiger partial charge in [0.1, 0.15) is 5.75 Å². The second kappa shape index (κ2) is 9.10. The van der Waals surface area contributed by atoms with E-state index in [0.29, 0.717) is 35.1 Å². The van der Waals surface area contributed by atoms with Crippen molar-refractivity contribution in [3.63, 3.8) is 0 Å². The molecule has 2 atom stereocenters. The fourth-order valence-corrected chi connectivity index (χ4v) is 4.07. The van der Waals surface area contributed by atoms with E-state index in [1.54, 1.807) is 13.2 Å². The number of nitrogens with two attached hydrogens (primary N) is 2. The summed E-state index contributed by atoms with van der Waals surface area (Å²) >= 11 is 6.22. The van der Waals surface area contributed by atoms with Gasteiger partial charge in [-0.1, -0.05) is 11.6 Å². The Hall–Kier alpha value is -1.54. The van der Waals surface area contributed by atoms with Crippen molar-refractivity contribution in [2.45, 2.75) is 37.8 Å². The van der Waals surface area contributed by atoms with Gasteiger partial charge in [-0.15, -0.1) is 0 Å². The van der Waals surface area contributed by atoms with Crippen LogP contribution in [0.1, 0.15) is 35.2 Å². The lowest BCUT2D eigenvalue weighted by Gasteiger charge is -2.38. The quantitative estimate of drug-likeness (QED) is 0.475. The average Bonchev–Trinajstić information content (AvgIpc) is 3.16. The van der Waals surface area contributed by atoms with Crippen LogP contribution in [-0.4, -0.2) is 62.8 Å². The van der Waals surface area contributed by atoms with E-state index in [4.69, 9.17) is 32.5 Å². The molecule has 1 aromatic carbocycles. The minimum atomic E-state index is -0.196.